The maximum absolute atomic E-state index is 4.39. The lowest BCUT2D eigenvalue weighted by Crippen LogP contribution is -2.23. The molecule has 3 heteroatoms. The van der Waals surface area contributed by atoms with E-state index in [0.29, 0.717) is 0 Å². The van der Waals surface area contributed by atoms with Gasteiger partial charge in [0, 0.05) is 22.7 Å². The maximum atomic E-state index is 4.39. The van der Waals surface area contributed by atoms with Gasteiger partial charge in [-0.25, -0.2) is 4.98 Å². The van der Waals surface area contributed by atoms with Crippen LogP contribution in [0.5, 0.6) is 0 Å². The average Bonchev–Trinajstić information content (AvgIpc) is 2.29. The number of imidazole rings is 1. The lowest BCUT2D eigenvalue weighted by molar-refractivity contribution is 0.367. The summed E-state index contributed by atoms with van der Waals surface area (Å²) < 4.78 is 2.44. The molecule has 0 unspecified atom stereocenters. The predicted octanol–water partition coefficient (Wildman–Crippen LogP) is 3.53. The first kappa shape index (κ1) is 11.6. The summed E-state index contributed by atoms with van der Waals surface area (Å²) in [5.41, 5.74) is 0.115. The SMILES string of the molecule is CC(C)(C)Sc1nccn1C(C)(C)C. The maximum Gasteiger partial charge on any atom is 0.168 e. The van der Waals surface area contributed by atoms with Crippen LogP contribution in [0.25, 0.3) is 0 Å². The molecule has 0 aliphatic heterocycles. The van der Waals surface area contributed by atoms with Crippen molar-refractivity contribution >= 4 is 11.8 Å². The summed E-state index contributed by atoms with van der Waals surface area (Å²) in [6.07, 6.45) is 3.92. The number of thioether (sulfide) groups is 1. The molecule has 0 spiro atoms. The average molecular weight is 212 g/mol. The van der Waals surface area contributed by atoms with E-state index in [4.69, 9.17) is 0 Å². The molecule has 1 aromatic rings. The van der Waals surface area contributed by atoms with Crippen LogP contribution in [0.15, 0.2) is 17.6 Å². The largest absolute Gasteiger partial charge is 0.321 e. The highest BCUT2D eigenvalue weighted by Gasteiger charge is 2.21. The van der Waals surface area contributed by atoms with Crippen molar-refractivity contribution in [1.29, 1.82) is 0 Å². The van der Waals surface area contributed by atoms with Crippen molar-refractivity contribution in [2.75, 3.05) is 0 Å². The summed E-state index contributed by atoms with van der Waals surface area (Å²) in [7, 11) is 0. The van der Waals surface area contributed by atoms with Gasteiger partial charge in [0.05, 0.1) is 0 Å². The molecule has 14 heavy (non-hydrogen) atoms. The van der Waals surface area contributed by atoms with E-state index in [1.165, 1.54) is 0 Å². The number of hydrogen-bond donors (Lipinski definition) is 0. The Hall–Kier alpha value is -0.440. The monoisotopic (exact) mass is 212 g/mol. The van der Waals surface area contributed by atoms with Gasteiger partial charge in [0.25, 0.3) is 0 Å². The molecule has 1 rings (SSSR count). The topological polar surface area (TPSA) is 17.8 Å². The molecule has 0 aromatic carbocycles. The molecule has 2 nitrogen and oxygen atoms in total. The molecule has 0 N–H and O–H groups in total. The first-order valence-electron chi connectivity index (χ1n) is 4.93. The van der Waals surface area contributed by atoms with E-state index in [1.54, 1.807) is 0 Å². The zero-order valence-corrected chi connectivity index (χ0v) is 10.8. The van der Waals surface area contributed by atoms with Crippen molar-refractivity contribution in [2.24, 2.45) is 0 Å². The third kappa shape index (κ3) is 3.05. The first-order chi connectivity index (χ1) is 6.20. The van der Waals surface area contributed by atoms with E-state index in [-0.39, 0.29) is 10.3 Å². The Morgan fingerprint density at radius 3 is 2.14 bits per heavy atom. The molecule has 0 fully saturated rings. The zero-order valence-electron chi connectivity index (χ0n) is 9.96. The lowest BCUT2D eigenvalue weighted by Gasteiger charge is -2.25. The van der Waals surface area contributed by atoms with Crippen LogP contribution in [-0.2, 0) is 5.54 Å². The first-order valence-corrected chi connectivity index (χ1v) is 5.75. The van der Waals surface area contributed by atoms with Gasteiger partial charge >= 0.3 is 0 Å². The zero-order chi connectivity index (χ0) is 11.0. The minimum absolute atomic E-state index is 0.115. The van der Waals surface area contributed by atoms with E-state index in [9.17, 15) is 0 Å². The van der Waals surface area contributed by atoms with E-state index in [2.05, 4.69) is 51.1 Å². The van der Waals surface area contributed by atoms with Crippen LogP contribution in [0, 0.1) is 0 Å². The molecule has 0 saturated carbocycles. The smallest absolute Gasteiger partial charge is 0.168 e. The van der Waals surface area contributed by atoms with Crippen LogP contribution >= 0.6 is 11.8 Å². The van der Waals surface area contributed by atoms with Crippen molar-refractivity contribution in [3.8, 4) is 0 Å². The molecule has 0 radical (unpaired) electrons. The Labute approximate surface area is 91.1 Å². The number of rotatable bonds is 1. The van der Waals surface area contributed by atoms with Gasteiger partial charge in [0.1, 0.15) is 0 Å². The van der Waals surface area contributed by atoms with Crippen molar-refractivity contribution in [3.05, 3.63) is 12.4 Å². The Morgan fingerprint density at radius 2 is 1.71 bits per heavy atom. The van der Waals surface area contributed by atoms with E-state index < -0.39 is 0 Å². The second-order valence-corrected chi connectivity index (χ2v) is 7.26. The van der Waals surface area contributed by atoms with Gasteiger partial charge in [-0.15, -0.1) is 0 Å². The molecular formula is C11H20N2S. The molecule has 1 aromatic heterocycles. The summed E-state index contributed by atoms with van der Waals surface area (Å²) in [6.45, 7) is 13.2. The second kappa shape index (κ2) is 3.61. The van der Waals surface area contributed by atoms with Crippen LogP contribution in [0.2, 0.25) is 0 Å². The normalized spacial score (nSPS) is 13.3. The Morgan fingerprint density at radius 1 is 1.14 bits per heavy atom. The van der Waals surface area contributed by atoms with E-state index >= 15 is 0 Å². The Balaban J connectivity index is 2.95. The highest BCUT2D eigenvalue weighted by molar-refractivity contribution is 8.00. The summed E-state index contributed by atoms with van der Waals surface area (Å²) >= 11 is 1.81. The molecule has 80 valence electrons. The molecular weight excluding hydrogens is 192 g/mol. The van der Waals surface area contributed by atoms with Gasteiger partial charge in [-0.2, -0.15) is 0 Å². The predicted molar refractivity (Wildman–Crippen MR) is 62.8 cm³/mol. The molecule has 1 heterocycles. The molecule has 0 atom stereocenters. The van der Waals surface area contributed by atoms with Crippen LogP contribution in [0.4, 0.5) is 0 Å². The van der Waals surface area contributed by atoms with Gasteiger partial charge in [-0.3, -0.25) is 0 Å². The van der Waals surface area contributed by atoms with Crippen LogP contribution < -0.4 is 0 Å². The Bertz CT molecular complexity index is 302. The number of hydrogen-bond acceptors (Lipinski definition) is 2. The minimum atomic E-state index is 0.115. The third-order valence-corrected chi connectivity index (χ3v) is 2.82. The van der Waals surface area contributed by atoms with Gasteiger partial charge < -0.3 is 4.57 Å². The summed E-state index contributed by atoms with van der Waals surface area (Å²) in [5, 5.41) is 1.10. The van der Waals surface area contributed by atoms with Gasteiger partial charge in [-0.05, 0) is 20.8 Å². The van der Waals surface area contributed by atoms with E-state index in [1.807, 2.05) is 24.2 Å². The summed E-state index contributed by atoms with van der Waals surface area (Å²) in [6, 6.07) is 0. The van der Waals surface area contributed by atoms with Crippen LogP contribution in [0.3, 0.4) is 0 Å². The van der Waals surface area contributed by atoms with Gasteiger partial charge in [0.15, 0.2) is 5.16 Å². The Kier molecular flexibility index (Phi) is 3.00. The van der Waals surface area contributed by atoms with Crippen molar-refractivity contribution in [3.63, 3.8) is 0 Å². The van der Waals surface area contributed by atoms with Crippen molar-refractivity contribution in [2.45, 2.75) is 57.0 Å². The fourth-order valence-corrected chi connectivity index (χ4v) is 2.24. The second-order valence-electron chi connectivity index (χ2n) is 5.47. The quantitative estimate of drug-likeness (QED) is 0.663. The minimum Gasteiger partial charge on any atom is -0.321 e. The van der Waals surface area contributed by atoms with Crippen molar-refractivity contribution in [1.82, 2.24) is 9.55 Å². The standard InChI is InChI=1S/C11H20N2S/c1-10(2,3)13-8-7-12-9(13)14-11(4,5)6/h7-8H,1-6H3. The molecule has 0 saturated heterocycles. The van der Waals surface area contributed by atoms with Crippen molar-refractivity contribution < 1.29 is 0 Å². The fourth-order valence-electron chi connectivity index (χ4n) is 1.15. The van der Waals surface area contributed by atoms with E-state index in [0.717, 1.165) is 5.16 Å². The highest BCUT2D eigenvalue weighted by Crippen LogP contribution is 2.32. The van der Waals surface area contributed by atoms with Crippen LogP contribution in [-0.4, -0.2) is 14.3 Å². The molecule has 0 aliphatic carbocycles. The van der Waals surface area contributed by atoms with Crippen LogP contribution in [0.1, 0.15) is 41.5 Å². The lowest BCUT2D eigenvalue weighted by atomic mass is 10.1. The number of aromatic nitrogens is 2. The highest BCUT2D eigenvalue weighted by atomic mass is 32.2. The molecule has 0 bridgehead atoms. The molecule has 0 aliphatic rings. The summed E-state index contributed by atoms with van der Waals surface area (Å²) in [4.78, 5) is 4.39. The summed E-state index contributed by atoms with van der Waals surface area (Å²) in [5.74, 6) is 0. The van der Waals surface area contributed by atoms with Gasteiger partial charge in [0.2, 0.25) is 0 Å². The molecule has 0 amide bonds. The third-order valence-electron chi connectivity index (χ3n) is 1.73. The number of nitrogens with zero attached hydrogens (tertiary/aromatic N) is 2. The fraction of sp³-hybridized carbons (Fsp3) is 0.727. The van der Waals surface area contributed by atoms with Gasteiger partial charge in [-0.1, -0.05) is 32.5 Å².